The molecule has 5 nitrogen and oxygen atoms in total. The highest BCUT2D eigenvalue weighted by atomic mass is 35.5. The van der Waals surface area contributed by atoms with Gasteiger partial charge in [0.1, 0.15) is 0 Å². The van der Waals surface area contributed by atoms with E-state index in [0.29, 0.717) is 28.3 Å². The van der Waals surface area contributed by atoms with Crippen molar-refractivity contribution in [2.75, 3.05) is 6.26 Å². The van der Waals surface area contributed by atoms with Crippen LogP contribution in [0.1, 0.15) is 36.5 Å². The van der Waals surface area contributed by atoms with Gasteiger partial charge in [-0.25, -0.2) is 0 Å². The third kappa shape index (κ3) is 3.92. The molecular weight excluding hydrogens is 350 g/mol. The molecule has 0 aromatic heterocycles. The number of fused-ring (bicyclic) bond motifs is 1. The zero-order valence-corrected chi connectivity index (χ0v) is 15.3. The Bertz CT molecular complexity index is 707. The smallest absolute Gasteiger partial charge is 0.264 e. The molecule has 1 amide bonds. The summed E-state index contributed by atoms with van der Waals surface area (Å²) in [6, 6.07) is 6.96. The number of hydrogen-bond donors (Lipinski definition) is 1. The van der Waals surface area contributed by atoms with Gasteiger partial charge in [0, 0.05) is 16.6 Å². The van der Waals surface area contributed by atoms with E-state index in [2.05, 4.69) is 12.2 Å². The monoisotopic (exact) mass is 371 g/mol. The van der Waals surface area contributed by atoms with Crippen molar-refractivity contribution in [3.8, 4) is 0 Å². The van der Waals surface area contributed by atoms with E-state index in [1.54, 1.807) is 24.3 Å². The van der Waals surface area contributed by atoms with E-state index < -0.39 is 10.1 Å². The molecule has 2 aliphatic carbocycles. The lowest BCUT2D eigenvalue weighted by Gasteiger charge is -2.21. The summed E-state index contributed by atoms with van der Waals surface area (Å²) in [5, 5.41) is 3.72. The van der Waals surface area contributed by atoms with Crippen molar-refractivity contribution in [3.63, 3.8) is 0 Å². The SMILES string of the molecule is CCC(NC(=O)c1ccc(Cl)cc1)C1[C@H]2CC(OS(C)(=O)=O)C[C@@H]12. The summed E-state index contributed by atoms with van der Waals surface area (Å²) < 4.78 is 27.5. The predicted octanol–water partition coefficient (Wildman–Crippen LogP) is 2.85. The van der Waals surface area contributed by atoms with Crippen LogP contribution in [0.15, 0.2) is 24.3 Å². The van der Waals surface area contributed by atoms with Crippen LogP contribution in [0, 0.1) is 17.8 Å². The topological polar surface area (TPSA) is 72.5 Å². The lowest BCUT2D eigenvalue weighted by molar-refractivity contribution is 0.0925. The van der Waals surface area contributed by atoms with Crippen LogP contribution in [0.25, 0.3) is 0 Å². The van der Waals surface area contributed by atoms with Crippen LogP contribution in [0.3, 0.4) is 0 Å². The first-order valence-corrected chi connectivity index (χ1v) is 10.4. The van der Waals surface area contributed by atoms with Crippen LogP contribution in [0.5, 0.6) is 0 Å². The molecule has 0 spiro atoms. The lowest BCUT2D eigenvalue weighted by atomic mass is 10.0. The Balaban J connectivity index is 1.56. The summed E-state index contributed by atoms with van der Waals surface area (Å²) in [5.74, 6) is 1.23. The predicted molar refractivity (Wildman–Crippen MR) is 92.4 cm³/mol. The van der Waals surface area contributed by atoms with Crippen molar-refractivity contribution in [3.05, 3.63) is 34.9 Å². The van der Waals surface area contributed by atoms with Crippen LogP contribution in [-0.4, -0.2) is 32.7 Å². The van der Waals surface area contributed by atoms with E-state index in [1.165, 1.54) is 0 Å². The van der Waals surface area contributed by atoms with E-state index >= 15 is 0 Å². The molecule has 0 aliphatic heterocycles. The number of amides is 1. The lowest BCUT2D eigenvalue weighted by Crippen LogP contribution is -2.37. The van der Waals surface area contributed by atoms with Gasteiger partial charge in [-0.1, -0.05) is 18.5 Å². The van der Waals surface area contributed by atoms with E-state index in [0.717, 1.165) is 25.5 Å². The fourth-order valence-electron chi connectivity index (χ4n) is 4.09. The fraction of sp³-hybridized carbons (Fsp3) is 0.588. The highest BCUT2D eigenvalue weighted by molar-refractivity contribution is 7.86. The highest BCUT2D eigenvalue weighted by Crippen LogP contribution is 2.60. The number of rotatable bonds is 6. The number of benzene rings is 1. The van der Waals surface area contributed by atoms with Crippen LogP contribution >= 0.6 is 11.6 Å². The Labute approximate surface area is 147 Å². The number of carbonyl (C=O) groups excluding carboxylic acids is 1. The van der Waals surface area contributed by atoms with Crippen molar-refractivity contribution in [2.24, 2.45) is 17.8 Å². The van der Waals surface area contributed by atoms with Crippen LogP contribution in [0.2, 0.25) is 5.02 Å². The molecule has 7 heteroatoms. The first kappa shape index (κ1) is 17.7. The Kier molecular flexibility index (Phi) is 4.91. The number of halogens is 1. The number of nitrogens with one attached hydrogen (secondary N) is 1. The van der Waals surface area contributed by atoms with Crippen molar-refractivity contribution in [1.82, 2.24) is 5.32 Å². The van der Waals surface area contributed by atoms with Crippen LogP contribution < -0.4 is 5.32 Å². The molecule has 0 radical (unpaired) electrons. The Morgan fingerprint density at radius 2 is 1.88 bits per heavy atom. The van der Waals surface area contributed by atoms with Crippen molar-refractivity contribution >= 4 is 27.6 Å². The summed E-state index contributed by atoms with van der Waals surface area (Å²) in [4.78, 5) is 12.4. The van der Waals surface area contributed by atoms with Gasteiger partial charge in [-0.3, -0.25) is 8.98 Å². The van der Waals surface area contributed by atoms with E-state index in [-0.39, 0.29) is 18.1 Å². The summed E-state index contributed by atoms with van der Waals surface area (Å²) in [6.07, 6.45) is 3.27. The van der Waals surface area contributed by atoms with E-state index in [1.807, 2.05) is 0 Å². The first-order chi connectivity index (χ1) is 11.3. The molecule has 2 fully saturated rings. The van der Waals surface area contributed by atoms with Gasteiger partial charge in [-0.2, -0.15) is 8.42 Å². The van der Waals surface area contributed by atoms with E-state index in [4.69, 9.17) is 15.8 Å². The minimum absolute atomic E-state index is 0.0903. The first-order valence-electron chi connectivity index (χ1n) is 8.23. The van der Waals surface area contributed by atoms with Crippen LogP contribution in [0.4, 0.5) is 0 Å². The van der Waals surface area contributed by atoms with Crippen molar-refractivity contribution < 1.29 is 17.4 Å². The van der Waals surface area contributed by atoms with Gasteiger partial charge >= 0.3 is 0 Å². The second-order valence-corrected chi connectivity index (χ2v) is 8.83. The number of carbonyl (C=O) groups is 1. The Morgan fingerprint density at radius 1 is 1.29 bits per heavy atom. The molecule has 1 aromatic rings. The minimum atomic E-state index is -3.39. The fourth-order valence-corrected chi connectivity index (χ4v) is 4.87. The summed E-state index contributed by atoms with van der Waals surface area (Å²) in [6.45, 7) is 2.06. The molecule has 3 rings (SSSR count). The summed E-state index contributed by atoms with van der Waals surface area (Å²) in [7, 11) is -3.39. The molecule has 132 valence electrons. The van der Waals surface area contributed by atoms with Gasteiger partial charge in [-0.15, -0.1) is 0 Å². The van der Waals surface area contributed by atoms with Gasteiger partial charge < -0.3 is 5.32 Å². The normalized spacial score (nSPS) is 29.8. The molecule has 0 heterocycles. The third-order valence-electron chi connectivity index (χ3n) is 5.11. The van der Waals surface area contributed by atoms with Gasteiger partial charge in [0.05, 0.1) is 12.4 Å². The molecule has 1 aromatic carbocycles. The molecule has 0 bridgehead atoms. The minimum Gasteiger partial charge on any atom is -0.349 e. The highest BCUT2D eigenvalue weighted by Gasteiger charge is 2.59. The second-order valence-electron chi connectivity index (χ2n) is 6.79. The maximum absolute atomic E-state index is 12.4. The zero-order chi connectivity index (χ0) is 17.5. The Morgan fingerprint density at radius 3 is 2.38 bits per heavy atom. The summed E-state index contributed by atoms with van der Waals surface area (Å²) >= 11 is 5.85. The maximum atomic E-state index is 12.4. The molecule has 3 unspecified atom stereocenters. The molecule has 1 N–H and O–H groups in total. The van der Waals surface area contributed by atoms with Crippen molar-refractivity contribution in [2.45, 2.75) is 38.3 Å². The molecule has 2 saturated carbocycles. The van der Waals surface area contributed by atoms with Gasteiger partial charge in [0.15, 0.2) is 0 Å². The Hall–Kier alpha value is -1.11. The van der Waals surface area contributed by atoms with Gasteiger partial charge in [0.25, 0.3) is 16.0 Å². The largest absolute Gasteiger partial charge is 0.349 e. The van der Waals surface area contributed by atoms with Gasteiger partial charge in [0.2, 0.25) is 0 Å². The summed E-state index contributed by atoms with van der Waals surface area (Å²) in [5.41, 5.74) is 0.599. The molecule has 24 heavy (non-hydrogen) atoms. The number of hydrogen-bond acceptors (Lipinski definition) is 4. The zero-order valence-electron chi connectivity index (χ0n) is 13.7. The third-order valence-corrected chi connectivity index (χ3v) is 5.98. The standard InChI is InChI=1S/C17H22ClNO4S/c1-3-15(19-17(20)10-4-6-11(18)7-5-10)16-13-8-12(9-14(13)16)23-24(2,21)22/h4-7,12-16H,3,8-9H2,1-2H3,(H,19,20)/t12?,13-,14+,15?,16?. The quantitative estimate of drug-likeness (QED) is 0.780. The van der Waals surface area contributed by atoms with Gasteiger partial charge in [-0.05, 0) is 61.3 Å². The van der Waals surface area contributed by atoms with Crippen LogP contribution in [-0.2, 0) is 14.3 Å². The average molecular weight is 372 g/mol. The molecule has 5 atom stereocenters. The van der Waals surface area contributed by atoms with E-state index in [9.17, 15) is 13.2 Å². The molecule has 0 saturated heterocycles. The molecular formula is C17H22ClNO4S. The molecule has 2 aliphatic rings. The average Bonchev–Trinajstić information content (AvgIpc) is 2.98. The van der Waals surface area contributed by atoms with Crippen molar-refractivity contribution in [1.29, 1.82) is 0 Å². The maximum Gasteiger partial charge on any atom is 0.264 e. The second kappa shape index (κ2) is 6.65.